The Balaban J connectivity index is 0.00000161. The normalized spacial score (nSPS) is 17.1. The number of hydrogen-bond donors (Lipinski definition) is 2. The minimum atomic E-state index is -0.337. The van der Waals surface area contributed by atoms with Crippen molar-refractivity contribution in [3.05, 3.63) is 34.5 Å². The molecule has 1 aliphatic rings. The molecule has 3 rings (SSSR count). The molecular formula is C15H18BrClN2O2. The van der Waals surface area contributed by atoms with Crippen molar-refractivity contribution in [3.63, 3.8) is 0 Å². The molecule has 1 aliphatic carbocycles. The molecule has 1 amide bonds. The molecule has 1 atom stereocenters. The molecule has 0 saturated heterocycles. The molecule has 3 N–H and O–H groups in total. The predicted octanol–water partition coefficient (Wildman–Crippen LogP) is 3.47. The van der Waals surface area contributed by atoms with Crippen molar-refractivity contribution in [2.24, 2.45) is 11.7 Å². The topological polar surface area (TPSA) is 68.3 Å². The largest absolute Gasteiger partial charge is 0.451 e. The highest BCUT2D eigenvalue weighted by molar-refractivity contribution is 9.10. The Kier molecular flexibility index (Phi) is 4.66. The van der Waals surface area contributed by atoms with Gasteiger partial charge >= 0.3 is 0 Å². The minimum Gasteiger partial charge on any atom is -0.451 e. The number of furan rings is 1. The van der Waals surface area contributed by atoms with Crippen LogP contribution in [0.15, 0.2) is 33.2 Å². The van der Waals surface area contributed by atoms with E-state index in [1.807, 2.05) is 25.1 Å². The monoisotopic (exact) mass is 372 g/mol. The Morgan fingerprint density at radius 2 is 2.19 bits per heavy atom. The first-order chi connectivity index (χ1) is 9.51. The summed E-state index contributed by atoms with van der Waals surface area (Å²) in [5.41, 5.74) is 6.19. The quantitative estimate of drug-likeness (QED) is 0.862. The first kappa shape index (κ1) is 16.3. The van der Waals surface area contributed by atoms with Crippen molar-refractivity contribution in [3.8, 4) is 0 Å². The van der Waals surface area contributed by atoms with Gasteiger partial charge in [-0.1, -0.05) is 15.9 Å². The van der Waals surface area contributed by atoms with Crippen LogP contribution in [0.5, 0.6) is 0 Å². The molecule has 21 heavy (non-hydrogen) atoms. The molecule has 1 heterocycles. The third kappa shape index (κ3) is 3.25. The summed E-state index contributed by atoms with van der Waals surface area (Å²) in [5.74, 6) is 0.616. The average Bonchev–Trinajstić information content (AvgIpc) is 3.19. The summed E-state index contributed by atoms with van der Waals surface area (Å²) < 4.78 is 6.56. The van der Waals surface area contributed by atoms with Gasteiger partial charge in [-0.3, -0.25) is 4.79 Å². The van der Waals surface area contributed by atoms with Gasteiger partial charge in [0.25, 0.3) is 5.91 Å². The van der Waals surface area contributed by atoms with Crippen LogP contribution in [0.1, 0.15) is 30.3 Å². The Labute approximate surface area is 138 Å². The van der Waals surface area contributed by atoms with Crippen LogP contribution in [-0.2, 0) is 0 Å². The zero-order chi connectivity index (χ0) is 14.3. The molecule has 1 fully saturated rings. The number of hydrogen-bond acceptors (Lipinski definition) is 3. The molecule has 1 aromatic heterocycles. The average molecular weight is 374 g/mol. The molecule has 0 spiro atoms. The zero-order valence-corrected chi connectivity index (χ0v) is 14.1. The van der Waals surface area contributed by atoms with Crippen molar-refractivity contribution in [2.45, 2.75) is 25.3 Å². The Hall–Kier alpha value is -1.04. The molecule has 0 bridgehead atoms. The Morgan fingerprint density at radius 1 is 1.48 bits per heavy atom. The first-order valence-electron chi connectivity index (χ1n) is 6.73. The summed E-state index contributed by atoms with van der Waals surface area (Å²) in [5, 5.41) is 3.94. The van der Waals surface area contributed by atoms with Gasteiger partial charge in [0.15, 0.2) is 5.76 Å². The molecule has 4 nitrogen and oxygen atoms in total. The molecular weight excluding hydrogens is 356 g/mol. The predicted molar refractivity (Wildman–Crippen MR) is 88.8 cm³/mol. The smallest absolute Gasteiger partial charge is 0.287 e. The van der Waals surface area contributed by atoms with E-state index in [1.54, 1.807) is 6.07 Å². The van der Waals surface area contributed by atoms with Gasteiger partial charge in [0, 0.05) is 16.4 Å². The van der Waals surface area contributed by atoms with Crippen LogP contribution in [0.2, 0.25) is 0 Å². The number of halogens is 2. The number of carbonyl (C=O) groups excluding carboxylic acids is 1. The molecule has 1 aromatic carbocycles. The number of amides is 1. The lowest BCUT2D eigenvalue weighted by Gasteiger charge is -2.28. The van der Waals surface area contributed by atoms with Crippen LogP contribution in [0.3, 0.4) is 0 Å². The molecule has 6 heteroatoms. The summed E-state index contributed by atoms with van der Waals surface area (Å²) in [6.07, 6.45) is 2.25. The third-order valence-electron chi connectivity index (χ3n) is 4.00. The van der Waals surface area contributed by atoms with E-state index in [9.17, 15) is 4.79 Å². The second kappa shape index (κ2) is 5.99. The van der Waals surface area contributed by atoms with Gasteiger partial charge in [0.1, 0.15) is 5.58 Å². The fraction of sp³-hybridized carbons (Fsp3) is 0.400. The Bertz CT molecular complexity index is 669. The standard InChI is InChI=1S/C15H17BrN2O2.ClH/c1-15(8-17,10-2-3-10)18-14(19)13-7-9-6-11(16)4-5-12(9)20-13;/h4-7,10H,2-3,8,17H2,1H3,(H,18,19);1H. The van der Waals surface area contributed by atoms with Crippen LogP contribution in [0.4, 0.5) is 0 Å². The van der Waals surface area contributed by atoms with Crippen molar-refractivity contribution in [2.75, 3.05) is 6.54 Å². The number of fused-ring (bicyclic) bond motifs is 1. The van der Waals surface area contributed by atoms with Gasteiger partial charge in [-0.15, -0.1) is 12.4 Å². The van der Waals surface area contributed by atoms with Crippen molar-refractivity contribution < 1.29 is 9.21 Å². The SMILES string of the molecule is CC(CN)(NC(=O)c1cc2cc(Br)ccc2o1)C1CC1.Cl. The van der Waals surface area contributed by atoms with Crippen LogP contribution >= 0.6 is 28.3 Å². The van der Waals surface area contributed by atoms with E-state index in [1.165, 1.54) is 0 Å². The second-order valence-electron chi connectivity index (χ2n) is 5.64. The van der Waals surface area contributed by atoms with Crippen molar-refractivity contribution >= 4 is 45.2 Å². The summed E-state index contributed by atoms with van der Waals surface area (Å²) in [4.78, 5) is 12.3. The van der Waals surface area contributed by atoms with Crippen LogP contribution in [0, 0.1) is 5.92 Å². The van der Waals surface area contributed by atoms with Gasteiger partial charge in [0.2, 0.25) is 0 Å². The second-order valence-corrected chi connectivity index (χ2v) is 6.56. The van der Waals surface area contributed by atoms with E-state index >= 15 is 0 Å². The van der Waals surface area contributed by atoms with E-state index in [2.05, 4.69) is 21.2 Å². The zero-order valence-electron chi connectivity index (χ0n) is 11.7. The Morgan fingerprint density at radius 3 is 2.81 bits per heavy atom. The van der Waals surface area contributed by atoms with Crippen molar-refractivity contribution in [1.82, 2.24) is 5.32 Å². The van der Waals surface area contributed by atoms with Crippen LogP contribution < -0.4 is 11.1 Å². The van der Waals surface area contributed by atoms with Crippen LogP contribution in [0.25, 0.3) is 11.0 Å². The highest BCUT2D eigenvalue weighted by Gasteiger charge is 2.42. The highest BCUT2D eigenvalue weighted by atomic mass is 79.9. The first-order valence-corrected chi connectivity index (χ1v) is 7.53. The maximum atomic E-state index is 12.3. The minimum absolute atomic E-state index is 0. The lowest BCUT2D eigenvalue weighted by molar-refractivity contribution is 0.0871. The summed E-state index contributed by atoms with van der Waals surface area (Å²) in [7, 11) is 0. The van der Waals surface area contributed by atoms with Crippen molar-refractivity contribution in [1.29, 1.82) is 0 Å². The third-order valence-corrected chi connectivity index (χ3v) is 4.50. The lowest BCUT2D eigenvalue weighted by atomic mass is 9.96. The van der Waals surface area contributed by atoms with Gasteiger partial charge in [-0.25, -0.2) is 0 Å². The van der Waals surface area contributed by atoms with E-state index in [0.717, 1.165) is 22.7 Å². The van der Waals surface area contributed by atoms with E-state index < -0.39 is 0 Å². The number of carbonyl (C=O) groups is 1. The number of benzene rings is 1. The number of rotatable bonds is 4. The molecule has 0 aliphatic heterocycles. The fourth-order valence-corrected chi connectivity index (χ4v) is 2.87. The van der Waals surface area contributed by atoms with E-state index in [-0.39, 0.29) is 23.9 Å². The van der Waals surface area contributed by atoms with E-state index in [0.29, 0.717) is 23.8 Å². The molecule has 0 radical (unpaired) electrons. The summed E-state index contributed by atoms with van der Waals surface area (Å²) in [6, 6.07) is 7.43. The fourth-order valence-electron chi connectivity index (χ4n) is 2.49. The maximum Gasteiger partial charge on any atom is 0.287 e. The van der Waals surface area contributed by atoms with E-state index in [4.69, 9.17) is 10.2 Å². The highest BCUT2D eigenvalue weighted by Crippen LogP contribution is 2.39. The lowest BCUT2D eigenvalue weighted by Crippen LogP contribution is -2.53. The number of nitrogens with one attached hydrogen (secondary N) is 1. The molecule has 1 saturated carbocycles. The van der Waals surface area contributed by atoms with Gasteiger partial charge < -0.3 is 15.5 Å². The maximum absolute atomic E-state index is 12.3. The molecule has 1 unspecified atom stereocenters. The van der Waals surface area contributed by atoms with Gasteiger partial charge in [-0.05, 0) is 49.9 Å². The van der Waals surface area contributed by atoms with Crippen LogP contribution in [-0.4, -0.2) is 18.0 Å². The summed E-state index contributed by atoms with van der Waals surface area (Å²) >= 11 is 3.41. The molecule has 2 aromatic rings. The molecule has 114 valence electrons. The van der Waals surface area contributed by atoms with Gasteiger partial charge in [-0.2, -0.15) is 0 Å². The summed E-state index contributed by atoms with van der Waals surface area (Å²) in [6.45, 7) is 2.44. The number of nitrogens with two attached hydrogens (primary N) is 1. The van der Waals surface area contributed by atoms with Gasteiger partial charge in [0.05, 0.1) is 5.54 Å².